The second-order valence-electron chi connectivity index (χ2n) is 5.48. The second kappa shape index (κ2) is 6.31. The molecule has 1 aromatic rings. The van der Waals surface area contributed by atoms with Gasteiger partial charge in [-0.1, -0.05) is 20.3 Å². The minimum atomic E-state index is -3.63. The molecule has 0 saturated heterocycles. The first-order valence-electron chi connectivity index (χ1n) is 6.90. The second-order valence-corrected chi connectivity index (χ2v) is 8.24. The molecule has 6 nitrogen and oxygen atoms in total. The first-order chi connectivity index (χ1) is 9.85. The van der Waals surface area contributed by atoms with Gasteiger partial charge >= 0.3 is 5.97 Å². The monoisotopic (exact) mass is 332 g/mol. The van der Waals surface area contributed by atoms with Gasteiger partial charge in [-0.15, -0.1) is 11.3 Å². The number of thiazole rings is 1. The van der Waals surface area contributed by atoms with Crippen LogP contribution in [0.2, 0.25) is 0 Å². The van der Waals surface area contributed by atoms with Gasteiger partial charge in [-0.3, -0.25) is 9.52 Å². The molecule has 2 rings (SSSR count). The van der Waals surface area contributed by atoms with Crippen molar-refractivity contribution in [2.45, 2.75) is 44.3 Å². The van der Waals surface area contributed by atoms with Gasteiger partial charge in [0.15, 0.2) is 5.13 Å². The molecule has 1 fully saturated rings. The van der Waals surface area contributed by atoms with Crippen molar-refractivity contribution in [1.82, 2.24) is 4.98 Å². The van der Waals surface area contributed by atoms with Crippen molar-refractivity contribution in [3.05, 3.63) is 11.1 Å². The molecule has 0 amide bonds. The number of methoxy groups -OCH3 is 1. The van der Waals surface area contributed by atoms with Crippen molar-refractivity contribution in [1.29, 1.82) is 0 Å². The van der Waals surface area contributed by atoms with E-state index in [1.54, 1.807) is 0 Å². The van der Waals surface area contributed by atoms with Crippen molar-refractivity contribution in [2.24, 2.45) is 5.92 Å². The minimum absolute atomic E-state index is 0.244. The van der Waals surface area contributed by atoms with Gasteiger partial charge in [0.1, 0.15) is 0 Å². The van der Waals surface area contributed by atoms with Crippen LogP contribution in [0.3, 0.4) is 0 Å². The molecule has 0 aliphatic heterocycles. The fourth-order valence-corrected chi connectivity index (χ4v) is 5.37. The smallest absolute Gasteiger partial charge is 0.310 e. The summed E-state index contributed by atoms with van der Waals surface area (Å²) >= 11 is 1.26. The maximum atomic E-state index is 12.5. The zero-order valence-electron chi connectivity index (χ0n) is 12.3. The van der Waals surface area contributed by atoms with Crippen molar-refractivity contribution >= 4 is 32.5 Å². The highest BCUT2D eigenvalue weighted by molar-refractivity contribution is 7.93. The van der Waals surface area contributed by atoms with E-state index in [2.05, 4.69) is 9.71 Å². The number of hydrogen-bond acceptors (Lipinski definition) is 6. The fraction of sp³-hybridized carbons (Fsp3) is 0.692. The van der Waals surface area contributed by atoms with E-state index >= 15 is 0 Å². The highest BCUT2D eigenvalue weighted by Crippen LogP contribution is 2.33. The summed E-state index contributed by atoms with van der Waals surface area (Å²) in [5.41, 5.74) is 0.855. The fourth-order valence-electron chi connectivity index (χ4n) is 2.51. The molecular weight excluding hydrogens is 312 g/mol. The molecule has 1 aliphatic rings. The van der Waals surface area contributed by atoms with Crippen LogP contribution in [-0.4, -0.2) is 31.7 Å². The molecule has 118 valence electrons. The quantitative estimate of drug-likeness (QED) is 0.837. The molecule has 2 atom stereocenters. The molecule has 1 aliphatic carbocycles. The van der Waals surface area contributed by atoms with E-state index in [4.69, 9.17) is 4.74 Å². The SMILES string of the molecule is COC(=O)C1CCCC1S(=O)(=O)Nc1nc(C(C)C)cs1. The Morgan fingerprint density at radius 1 is 1.48 bits per heavy atom. The summed E-state index contributed by atoms with van der Waals surface area (Å²) in [5, 5.41) is 1.46. The molecule has 0 spiro atoms. The summed E-state index contributed by atoms with van der Waals surface area (Å²) < 4.78 is 32.1. The van der Waals surface area contributed by atoms with Crippen molar-refractivity contribution in [2.75, 3.05) is 11.8 Å². The number of rotatable bonds is 5. The van der Waals surface area contributed by atoms with Gasteiger partial charge in [-0.2, -0.15) is 0 Å². The number of anilines is 1. The summed E-state index contributed by atoms with van der Waals surface area (Å²) in [6, 6.07) is 0. The first-order valence-corrected chi connectivity index (χ1v) is 9.32. The maximum absolute atomic E-state index is 12.5. The van der Waals surface area contributed by atoms with Crippen molar-refractivity contribution in [3.63, 3.8) is 0 Å². The molecule has 1 N–H and O–H groups in total. The van der Waals surface area contributed by atoms with Crippen LogP contribution in [0.15, 0.2) is 5.38 Å². The van der Waals surface area contributed by atoms with Crippen LogP contribution in [0.5, 0.6) is 0 Å². The van der Waals surface area contributed by atoms with E-state index in [0.717, 1.165) is 5.69 Å². The summed E-state index contributed by atoms with van der Waals surface area (Å²) in [7, 11) is -2.35. The Balaban J connectivity index is 2.15. The van der Waals surface area contributed by atoms with Gasteiger partial charge in [0.05, 0.1) is 24.0 Å². The van der Waals surface area contributed by atoms with Crippen LogP contribution in [0, 0.1) is 5.92 Å². The van der Waals surface area contributed by atoms with Crippen LogP contribution in [0.4, 0.5) is 5.13 Å². The third-order valence-corrected chi connectivity index (χ3v) is 6.44. The molecule has 1 saturated carbocycles. The Morgan fingerprint density at radius 3 is 2.76 bits per heavy atom. The molecule has 21 heavy (non-hydrogen) atoms. The van der Waals surface area contributed by atoms with Gasteiger partial charge in [-0.25, -0.2) is 13.4 Å². The molecule has 1 aromatic heterocycles. The Bertz CT molecular complexity index is 609. The van der Waals surface area contributed by atoms with E-state index in [1.807, 2.05) is 19.2 Å². The third kappa shape index (κ3) is 3.55. The number of carbonyl (C=O) groups is 1. The average molecular weight is 332 g/mol. The first kappa shape index (κ1) is 16.2. The number of aromatic nitrogens is 1. The lowest BCUT2D eigenvalue weighted by molar-refractivity contribution is -0.145. The third-order valence-electron chi connectivity index (χ3n) is 3.70. The van der Waals surface area contributed by atoms with E-state index in [-0.39, 0.29) is 5.92 Å². The highest BCUT2D eigenvalue weighted by Gasteiger charge is 2.42. The number of hydrogen-bond donors (Lipinski definition) is 1. The largest absolute Gasteiger partial charge is 0.469 e. The molecule has 0 aromatic carbocycles. The number of esters is 1. The summed E-state index contributed by atoms with van der Waals surface area (Å²) in [6.07, 6.45) is 1.73. The van der Waals surface area contributed by atoms with Gasteiger partial charge in [0, 0.05) is 5.38 Å². The van der Waals surface area contributed by atoms with E-state index in [9.17, 15) is 13.2 Å². The van der Waals surface area contributed by atoms with Crippen LogP contribution in [0.25, 0.3) is 0 Å². The van der Waals surface area contributed by atoms with Gasteiger partial charge in [0.2, 0.25) is 10.0 Å². The van der Waals surface area contributed by atoms with Crippen LogP contribution >= 0.6 is 11.3 Å². The number of sulfonamides is 1. The molecule has 2 unspecified atom stereocenters. The molecule has 0 radical (unpaired) electrons. The minimum Gasteiger partial charge on any atom is -0.469 e. The molecule has 8 heteroatoms. The van der Waals surface area contributed by atoms with Gasteiger partial charge in [-0.05, 0) is 18.8 Å². The predicted molar refractivity (Wildman–Crippen MR) is 81.9 cm³/mol. The lowest BCUT2D eigenvalue weighted by Crippen LogP contribution is -2.35. The lowest BCUT2D eigenvalue weighted by Gasteiger charge is -2.18. The Hall–Kier alpha value is -1.15. The number of carbonyl (C=O) groups excluding carboxylic acids is 1. The number of nitrogens with one attached hydrogen (secondary N) is 1. The van der Waals surface area contributed by atoms with Crippen LogP contribution in [-0.2, 0) is 19.6 Å². The van der Waals surface area contributed by atoms with Crippen molar-refractivity contribution in [3.8, 4) is 0 Å². The van der Waals surface area contributed by atoms with Crippen molar-refractivity contribution < 1.29 is 17.9 Å². The maximum Gasteiger partial charge on any atom is 0.310 e. The zero-order chi connectivity index (χ0) is 15.6. The van der Waals surface area contributed by atoms with Gasteiger partial charge < -0.3 is 4.74 Å². The normalized spacial score (nSPS) is 22.5. The standard InChI is InChI=1S/C13H20N2O4S2/c1-8(2)10-7-20-13(14-10)15-21(17,18)11-6-4-5-9(11)12(16)19-3/h7-9,11H,4-6H2,1-3H3,(H,14,15). The Kier molecular flexibility index (Phi) is 4.88. The molecule has 1 heterocycles. The summed E-state index contributed by atoms with van der Waals surface area (Å²) in [4.78, 5) is 16.0. The highest BCUT2D eigenvalue weighted by atomic mass is 32.2. The zero-order valence-corrected chi connectivity index (χ0v) is 14.0. The number of ether oxygens (including phenoxy) is 1. The Morgan fingerprint density at radius 2 is 2.19 bits per heavy atom. The molecule has 0 bridgehead atoms. The van der Waals surface area contributed by atoms with Crippen LogP contribution < -0.4 is 4.72 Å². The van der Waals surface area contributed by atoms with E-state index in [0.29, 0.717) is 24.4 Å². The van der Waals surface area contributed by atoms with Gasteiger partial charge in [0.25, 0.3) is 0 Å². The summed E-state index contributed by atoms with van der Waals surface area (Å²) in [6.45, 7) is 4.00. The lowest BCUT2D eigenvalue weighted by atomic mass is 10.1. The average Bonchev–Trinajstić information content (AvgIpc) is 3.05. The predicted octanol–water partition coefficient (Wildman–Crippen LogP) is 2.35. The molecular formula is C13H20N2O4S2. The van der Waals surface area contributed by atoms with Crippen LogP contribution in [0.1, 0.15) is 44.7 Å². The van der Waals surface area contributed by atoms with E-state index in [1.165, 1.54) is 18.4 Å². The number of nitrogens with zero attached hydrogens (tertiary/aromatic N) is 1. The topological polar surface area (TPSA) is 85.4 Å². The Labute approximate surface area is 129 Å². The summed E-state index contributed by atoms with van der Waals surface area (Å²) in [5.74, 6) is -0.796. The van der Waals surface area contributed by atoms with E-state index < -0.39 is 27.2 Å².